The Morgan fingerprint density at radius 1 is 1.00 bits per heavy atom. The van der Waals surface area contributed by atoms with Crippen molar-refractivity contribution in [2.24, 2.45) is 16.3 Å². The Hall–Kier alpha value is -2.15. The molecule has 2 bridgehead atoms. The first-order valence-corrected chi connectivity index (χ1v) is 14.3. The Balaban J connectivity index is 1.89. The molecule has 35 heavy (non-hydrogen) atoms. The molecule has 0 saturated carbocycles. The first-order chi connectivity index (χ1) is 16.9. The average Bonchev–Trinajstić information content (AvgIpc) is 3.07. The first-order valence-electron chi connectivity index (χ1n) is 14.3. The van der Waals surface area contributed by atoms with E-state index in [1.807, 2.05) is 0 Å². The molecule has 0 spiro atoms. The number of fused-ring (bicyclic) bond motifs is 4. The van der Waals surface area contributed by atoms with Crippen LogP contribution in [0.25, 0.3) is 5.57 Å². The molecule has 0 fully saturated rings. The molecule has 3 aliphatic rings. The van der Waals surface area contributed by atoms with Crippen LogP contribution in [-0.4, -0.2) is 5.71 Å². The van der Waals surface area contributed by atoms with E-state index in [1.54, 1.807) is 0 Å². The molecule has 0 saturated heterocycles. The van der Waals surface area contributed by atoms with Gasteiger partial charge >= 0.3 is 0 Å². The topological polar surface area (TPSA) is 12.4 Å². The minimum Gasteiger partial charge on any atom is -0.282 e. The highest BCUT2D eigenvalue weighted by atomic mass is 14.8. The van der Waals surface area contributed by atoms with Gasteiger partial charge in [-0.15, -0.1) is 0 Å². The summed E-state index contributed by atoms with van der Waals surface area (Å²) in [5, 5.41) is 0. The fourth-order valence-electron chi connectivity index (χ4n) is 6.89. The van der Waals surface area contributed by atoms with Gasteiger partial charge in [-0.05, 0) is 109 Å². The van der Waals surface area contributed by atoms with Gasteiger partial charge in [0.1, 0.15) is 0 Å². The lowest BCUT2D eigenvalue weighted by Gasteiger charge is -2.53. The monoisotopic (exact) mass is 469 g/mol. The molecular weight excluding hydrogens is 422 g/mol. The summed E-state index contributed by atoms with van der Waals surface area (Å²) in [5.74, 6) is 0.648. The molecule has 0 amide bonds. The molecule has 4 atom stereocenters. The highest BCUT2D eigenvalue weighted by molar-refractivity contribution is 5.95. The number of allylic oxidation sites excluding steroid dienone is 8. The van der Waals surface area contributed by atoms with Crippen LogP contribution in [0, 0.1) is 11.3 Å². The number of nitrogens with zero attached hydrogens (tertiary/aromatic N) is 1. The third-order valence-corrected chi connectivity index (χ3v) is 9.77. The van der Waals surface area contributed by atoms with Crippen LogP contribution < -0.4 is 0 Å². The van der Waals surface area contributed by atoms with Gasteiger partial charge in [0, 0.05) is 5.71 Å². The fraction of sp³-hybridized carbons (Fsp3) is 0.559. The zero-order chi connectivity index (χ0) is 25.1. The largest absolute Gasteiger partial charge is 0.282 e. The minimum atomic E-state index is 0.125. The molecule has 1 aromatic rings. The van der Waals surface area contributed by atoms with Crippen molar-refractivity contribution in [3.05, 3.63) is 76.9 Å². The summed E-state index contributed by atoms with van der Waals surface area (Å²) in [4.78, 5) is 5.28. The molecule has 1 aliphatic heterocycles. The van der Waals surface area contributed by atoms with Gasteiger partial charge in [-0.1, -0.05) is 89.1 Å². The molecule has 1 heteroatoms. The lowest BCUT2D eigenvalue weighted by Crippen LogP contribution is -2.47. The second-order valence-electron chi connectivity index (χ2n) is 11.6. The van der Waals surface area contributed by atoms with Gasteiger partial charge in [0.05, 0.1) is 6.04 Å². The summed E-state index contributed by atoms with van der Waals surface area (Å²) >= 11 is 0. The highest BCUT2D eigenvalue weighted by Gasteiger charge is 2.49. The summed E-state index contributed by atoms with van der Waals surface area (Å²) in [5.41, 5.74) is 8.78. The highest BCUT2D eigenvalue weighted by Crippen LogP contribution is 2.56. The van der Waals surface area contributed by atoms with Crippen LogP contribution in [0.15, 0.2) is 65.2 Å². The number of hydrogen-bond acceptors (Lipinski definition) is 1. The molecule has 1 heterocycles. The van der Waals surface area contributed by atoms with Gasteiger partial charge in [-0.3, -0.25) is 4.99 Å². The molecule has 1 aromatic carbocycles. The Morgan fingerprint density at radius 2 is 1.83 bits per heavy atom. The van der Waals surface area contributed by atoms with Crippen LogP contribution in [0.2, 0.25) is 0 Å². The Morgan fingerprint density at radius 3 is 2.57 bits per heavy atom. The van der Waals surface area contributed by atoms with Crippen LogP contribution in [0.5, 0.6) is 0 Å². The molecule has 1 nitrogen and oxygen atoms in total. The summed E-state index contributed by atoms with van der Waals surface area (Å²) < 4.78 is 0. The van der Waals surface area contributed by atoms with Crippen molar-refractivity contribution < 1.29 is 0 Å². The fourth-order valence-corrected chi connectivity index (χ4v) is 6.89. The van der Waals surface area contributed by atoms with Crippen molar-refractivity contribution in [2.45, 2.75) is 111 Å². The van der Waals surface area contributed by atoms with Gasteiger partial charge in [0.2, 0.25) is 0 Å². The van der Waals surface area contributed by atoms with Gasteiger partial charge in [-0.25, -0.2) is 0 Å². The van der Waals surface area contributed by atoms with E-state index in [0.29, 0.717) is 5.92 Å². The predicted molar refractivity (Wildman–Crippen MR) is 154 cm³/mol. The Bertz CT molecular complexity index is 1060. The average molecular weight is 470 g/mol. The second kappa shape index (κ2) is 10.9. The number of rotatable bonds is 6. The maximum atomic E-state index is 5.28. The minimum absolute atomic E-state index is 0.125. The molecule has 4 unspecified atom stereocenters. The molecule has 0 N–H and O–H groups in total. The summed E-state index contributed by atoms with van der Waals surface area (Å²) in [6.45, 7) is 14.5. The van der Waals surface area contributed by atoms with Crippen molar-refractivity contribution in [1.29, 1.82) is 0 Å². The van der Waals surface area contributed by atoms with E-state index in [-0.39, 0.29) is 16.9 Å². The van der Waals surface area contributed by atoms with Gasteiger partial charge in [-0.2, -0.15) is 0 Å². The molecule has 188 valence electrons. The normalized spacial score (nSPS) is 30.6. The zero-order valence-corrected chi connectivity index (χ0v) is 23.2. The standard InChI is InChI=1S/C34H47N/c1-7-10-16-29-17-11-12-18-32(35-29)27-20-22-31-30(24-27)26-19-21-28(15-13-14-25(4)23-26)33(5,8-2)34(31,6)9-3/h11,13-14,17,19-20,22-24,28,32H,7-10,12,15-16,18,21H2,1-6H3. The SMILES string of the molecule is CCCCC1=NC(c2ccc3c(c2)C2=CCC(CC=CC(C)=C2)C(C)(CC)C3(C)CC)CCC=C1. The van der Waals surface area contributed by atoms with E-state index in [2.05, 4.69) is 96.2 Å². The molecule has 0 radical (unpaired) electrons. The number of aliphatic imine (C=N–C) groups is 1. The predicted octanol–water partition coefficient (Wildman–Crippen LogP) is 10.1. The van der Waals surface area contributed by atoms with E-state index in [4.69, 9.17) is 4.99 Å². The van der Waals surface area contributed by atoms with Gasteiger partial charge in [0.15, 0.2) is 0 Å². The summed E-state index contributed by atoms with van der Waals surface area (Å²) in [6.07, 6.45) is 24.8. The van der Waals surface area contributed by atoms with E-state index >= 15 is 0 Å². The van der Waals surface area contributed by atoms with Crippen LogP contribution in [0.3, 0.4) is 0 Å². The molecular formula is C34H47N. The number of benzene rings is 1. The van der Waals surface area contributed by atoms with Crippen molar-refractivity contribution in [3.63, 3.8) is 0 Å². The third kappa shape index (κ3) is 4.93. The van der Waals surface area contributed by atoms with Crippen molar-refractivity contribution in [2.75, 3.05) is 0 Å². The van der Waals surface area contributed by atoms with E-state index in [0.717, 1.165) is 38.5 Å². The second-order valence-corrected chi connectivity index (χ2v) is 11.6. The number of hydrogen-bond donors (Lipinski definition) is 0. The van der Waals surface area contributed by atoms with Crippen molar-refractivity contribution >= 4 is 11.3 Å². The maximum absolute atomic E-state index is 5.28. The quantitative estimate of drug-likeness (QED) is 0.393. The first kappa shape index (κ1) is 25.9. The van der Waals surface area contributed by atoms with E-state index < -0.39 is 0 Å². The number of unbranched alkanes of at least 4 members (excludes halogenated alkanes) is 1. The summed E-state index contributed by atoms with van der Waals surface area (Å²) in [7, 11) is 0. The van der Waals surface area contributed by atoms with Crippen molar-refractivity contribution in [1.82, 2.24) is 0 Å². The zero-order valence-electron chi connectivity index (χ0n) is 23.2. The van der Waals surface area contributed by atoms with Gasteiger partial charge in [0.25, 0.3) is 0 Å². The molecule has 0 aromatic heterocycles. The van der Waals surface area contributed by atoms with Crippen LogP contribution in [-0.2, 0) is 5.41 Å². The maximum Gasteiger partial charge on any atom is 0.0755 e. The van der Waals surface area contributed by atoms with Crippen LogP contribution >= 0.6 is 0 Å². The lowest BCUT2D eigenvalue weighted by atomic mass is 9.51. The smallest absolute Gasteiger partial charge is 0.0755 e. The van der Waals surface area contributed by atoms with Crippen molar-refractivity contribution in [3.8, 4) is 0 Å². The Kier molecular flexibility index (Phi) is 8.04. The Labute approximate surface area is 215 Å². The van der Waals surface area contributed by atoms with Gasteiger partial charge < -0.3 is 0 Å². The molecule has 2 aliphatic carbocycles. The molecule has 4 rings (SSSR count). The van der Waals surface area contributed by atoms with E-state index in [9.17, 15) is 0 Å². The van der Waals surface area contributed by atoms with Crippen LogP contribution in [0.4, 0.5) is 0 Å². The van der Waals surface area contributed by atoms with E-state index in [1.165, 1.54) is 52.8 Å². The third-order valence-electron chi connectivity index (χ3n) is 9.77. The van der Waals surface area contributed by atoms with Crippen LogP contribution in [0.1, 0.15) is 122 Å². The lowest BCUT2D eigenvalue weighted by molar-refractivity contribution is 0.0597. The summed E-state index contributed by atoms with van der Waals surface area (Å²) in [6, 6.07) is 7.69.